The second kappa shape index (κ2) is 5.41. The van der Waals surface area contributed by atoms with Crippen LogP contribution in [0, 0.1) is 17.1 Å². The van der Waals surface area contributed by atoms with Crippen LogP contribution >= 0.6 is 0 Å². The Hall–Kier alpha value is -2.85. The standard InChI is InChI=1S/C16H11FN2O3S/c1-22-13-5-3-12(4-6-13)19-10-14(9-18)23(20,21)16-7-2-11(17)8-15(16)19/h2-8,10H,1H3. The topological polar surface area (TPSA) is 70.4 Å². The first-order chi connectivity index (χ1) is 11.0. The molecule has 0 atom stereocenters. The lowest BCUT2D eigenvalue weighted by Crippen LogP contribution is -2.21. The van der Waals surface area contributed by atoms with Gasteiger partial charge in [-0.05, 0) is 42.5 Å². The van der Waals surface area contributed by atoms with Crippen molar-refractivity contribution in [1.29, 1.82) is 5.26 Å². The van der Waals surface area contributed by atoms with Crippen LogP contribution in [0.3, 0.4) is 0 Å². The molecule has 0 radical (unpaired) electrons. The van der Waals surface area contributed by atoms with Gasteiger partial charge in [0, 0.05) is 11.9 Å². The number of sulfone groups is 1. The average Bonchev–Trinajstić information content (AvgIpc) is 2.55. The van der Waals surface area contributed by atoms with Gasteiger partial charge in [-0.25, -0.2) is 12.8 Å². The lowest BCUT2D eigenvalue weighted by Gasteiger charge is -2.27. The van der Waals surface area contributed by atoms with E-state index >= 15 is 0 Å². The van der Waals surface area contributed by atoms with Crippen LogP contribution in [0.2, 0.25) is 0 Å². The van der Waals surface area contributed by atoms with Crippen LogP contribution in [0.15, 0.2) is 58.5 Å². The zero-order valence-corrected chi connectivity index (χ0v) is 12.8. The Morgan fingerprint density at radius 1 is 1.17 bits per heavy atom. The Kier molecular flexibility index (Phi) is 3.54. The third-order valence-electron chi connectivity index (χ3n) is 3.47. The van der Waals surface area contributed by atoms with E-state index < -0.39 is 20.6 Å². The van der Waals surface area contributed by atoms with Crippen LogP contribution in [0.25, 0.3) is 0 Å². The normalized spacial score (nSPS) is 15.3. The highest BCUT2D eigenvalue weighted by atomic mass is 32.2. The van der Waals surface area contributed by atoms with Crippen LogP contribution in [0.1, 0.15) is 0 Å². The first kappa shape index (κ1) is 15.1. The van der Waals surface area contributed by atoms with Crippen molar-refractivity contribution in [3.05, 3.63) is 59.4 Å². The molecule has 1 aliphatic heterocycles. The lowest BCUT2D eigenvalue weighted by molar-refractivity contribution is 0.415. The van der Waals surface area contributed by atoms with Crippen LogP contribution in [-0.2, 0) is 9.84 Å². The van der Waals surface area contributed by atoms with Gasteiger partial charge >= 0.3 is 0 Å². The monoisotopic (exact) mass is 330 g/mol. The first-order valence-corrected chi connectivity index (χ1v) is 8.05. The Morgan fingerprint density at radius 2 is 1.87 bits per heavy atom. The Balaban J connectivity index is 2.24. The molecular formula is C16H11FN2O3S. The molecule has 0 spiro atoms. The number of nitriles is 1. The van der Waals surface area contributed by atoms with E-state index in [4.69, 9.17) is 10.00 Å². The van der Waals surface area contributed by atoms with Crippen molar-refractivity contribution in [2.24, 2.45) is 0 Å². The second-order valence-corrected chi connectivity index (χ2v) is 6.68. The smallest absolute Gasteiger partial charge is 0.220 e. The number of hydrogen-bond acceptors (Lipinski definition) is 5. The molecule has 2 aromatic carbocycles. The summed E-state index contributed by atoms with van der Waals surface area (Å²) in [7, 11) is -2.41. The molecule has 1 heterocycles. The molecule has 2 aromatic rings. The van der Waals surface area contributed by atoms with E-state index in [2.05, 4.69) is 0 Å². The molecule has 0 fully saturated rings. The highest BCUT2D eigenvalue weighted by Crippen LogP contribution is 2.39. The van der Waals surface area contributed by atoms with Gasteiger partial charge in [0.15, 0.2) is 4.91 Å². The highest BCUT2D eigenvalue weighted by Gasteiger charge is 2.32. The molecule has 5 nitrogen and oxygen atoms in total. The van der Waals surface area contributed by atoms with Crippen LogP contribution in [-0.4, -0.2) is 15.5 Å². The maximum Gasteiger partial charge on any atom is 0.220 e. The number of benzene rings is 2. The first-order valence-electron chi connectivity index (χ1n) is 6.57. The maximum atomic E-state index is 13.6. The summed E-state index contributed by atoms with van der Waals surface area (Å²) in [5, 5.41) is 9.14. The number of halogens is 1. The zero-order chi connectivity index (χ0) is 16.6. The minimum absolute atomic E-state index is 0.103. The van der Waals surface area contributed by atoms with Crippen molar-refractivity contribution < 1.29 is 17.5 Å². The van der Waals surface area contributed by atoms with E-state index in [-0.39, 0.29) is 10.6 Å². The molecular weight excluding hydrogens is 319 g/mol. The third kappa shape index (κ3) is 2.43. The molecule has 7 heteroatoms. The number of nitrogens with zero attached hydrogens (tertiary/aromatic N) is 2. The summed E-state index contributed by atoms with van der Waals surface area (Å²) in [4.78, 5) is 0.971. The SMILES string of the molecule is COc1ccc(N2C=C(C#N)S(=O)(=O)c3ccc(F)cc32)cc1. The summed E-state index contributed by atoms with van der Waals surface area (Å²) >= 11 is 0. The summed E-state index contributed by atoms with van der Waals surface area (Å²) in [5.41, 5.74) is 0.745. The van der Waals surface area contributed by atoms with Gasteiger partial charge in [0.2, 0.25) is 9.84 Å². The van der Waals surface area contributed by atoms with Crippen molar-refractivity contribution in [2.45, 2.75) is 4.90 Å². The van der Waals surface area contributed by atoms with E-state index in [0.717, 1.165) is 12.1 Å². The molecule has 0 aliphatic carbocycles. The van der Waals surface area contributed by atoms with Gasteiger partial charge in [-0.15, -0.1) is 0 Å². The van der Waals surface area contributed by atoms with E-state index in [0.29, 0.717) is 11.4 Å². The molecule has 23 heavy (non-hydrogen) atoms. The predicted octanol–water partition coefficient (Wildman–Crippen LogP) is 3.12. The third-order valence-corrected chi connectivity index (χ3v) is 5.17. The fraction of sp³-hybridized carbons (Fsp3) is 0.0625. The highest BCUT2D eigenvalue weighted by molar-refractivity contribution is 7.95. The van der Waals surface area contributed by atoms with Gasteiger partial charge in [-0.3, -0.25) is 0 Å². The van der Waals surface area contributed by atoms with Crippen LogP contribution < -0.4 is 9.64 Å². The van der Waals surface area contributed by atoms with Gasteiger partial charge < -0.3 is 9.64 Å². The van der Waals surface area contributed by atoms with Crippen molar-refractivity contribution >= 4 is 21.2 Å². The minimum Gasteiger partial charge on any atom is -0.497 e. The molecule has 0 aromatic heterocycles. The van der Waals surface area contributed by atoms with E-state index in [1.54, 1.807) is 30.3 Å². The van der Waals surface area contributed by atoms with Crippen molar-refractivity contribution in [3.8, 4) is 11.8 Å². The van der Waals surface area contributed by atoms with Crippen molar-refractivity contribution in [1.82, 2.24) is 0 Å². The van der Waals surface area contributed by atoms with Crippen molar-refractivity contribution in [3.63, 3.8) is 0 Å². The quantitative estimate of drug-likeness (QED) is 0.791. The lowest BCUT2D eigenvalue weighted by atomic mass is 10.2. The summed E-state index contributed by atoms with van der Waals surface area (Å²) in [6.45, 7) is 0. The Morgan fingerprint density at radius 3 is 2.48 bits per heavy atom. The summed E-state index contributed by atoms with van der Waals surface area (Å²) in [6, 6.07) is 11.8. The number of fused-ring (bicyclic) bond motifs is 1. The summed E-state index contributed by atoms with van der Waals surface area (Å²) in [6.07, 6.45) is 1.19. The van der Waals surface area contributed by atoms with E-state index in [9.17, 15) is 12.8 Å². The van der Waals surface area contributed by atoms with Crippen LogP contribution in [0.5, 0.6) is 5.75 Å². The second-order valence-electron chi connectivity index (χ2n) is 4.79. The zero-order valence-electron chi connectivity index (χ0n) is 12.0. The van der Waals surface area contributed by atoms with Gasteiger partial charge in [0.05, 0.1) is 17.7 Å². The molecule has 116 valence electrons. The average molecular weight is 330 g/mol. The molecule has 0 saturated carbocycles. The number of rotatable bonds is 2. The van der Waals surface area contributed by atoms with Crippen LogP contribution in [0.4, 0.5) is 15.8 Å². The van der Waals surface area contributed by atoms with Gasteiger partial charge in [0.25, 0.3) is 0 Å². The van der Waals surface area contributed by atoms with Crippen molar-refractivity contribution in [2.75, 3.05) is 12.0 Å². The molecule has 0 N–H and O–H groups in total. The number of hydrogen-bond donors (Lipinski definition) is 0. The molecule has 3 rings (SSSR count). The summed E-state index contributed by atoms with van der Waals surface area (Å²) < 4.78 is 43.4. The number of allylic oxidation sites excluding steroid dienone is 1. The predicted molar refractivity (Wildman–Crippen MR) is 82.4 cm³/mol. The Labute approximate surface area is 132 Å². The molecule has 0 saturated heterocycles. The largest absolute Gasteiger partial charge is 0.497 e. The molecule has 1 aliphatic rings. The molecule has 0 unspecified atom stereocenters. The number of ether oxygens (including phenoxy) is 1. The fourth-order valence-electron chi connectivity index (χ4n) is 2.33. The van der Waals surface area contributed by atoms with Gasteiger partial charge in [-0.1, -0.05) is 0 Å². The number of anilines is 2. The molecule has 0 amide bonds. The Bertz CT molecular complexity index is 944. The maximum absolute atomic E-state index is 13.6. The van der Waals surface area contributed by atoms with E-state index in [1.165, 1.54) is 24.3 Å². The van der Waals surface area contributed by atoms with Gasteiger partial charge in [-0.2, -0.15) is 5.26 Å². The summed E-state index contributed by atoms with van der Waals surface area (Å²) in [5.74, 6) is 0.0635. The fourth-order valence-corrected chi connectivity index (χ4v) is 3.61. The number of methoxy groups -OCH3 is 1. The molecule has 0 bridgehead atoms. The minimum atomic E-state index is -3.94. The van der Waals surface area contributed by atoms with Gasteiger partial charge in [0.1, 0.15) is 17.6 Å². The van der Waals surface area contributed by atoms with E-state index in [1.807, 2.05) is 0 Å².